The Hall–Kier alpha value is -1.91. The molecule has 3 rings (SSSR count). The molecule has 1 aliphatic carbocycles. The van der Waals surface area contributed by atoms with Crippen molar-refractivity contribution in [1.82, 2.24) is 9.80 Å². The van der Waals surface area contributed by atoms with Crippen molar-refractivity contribution in [1.29, 1.82) is 0 Å². The van der Waals surface area contributed by atoms with Crippen molar-refractivity contribution in [2.45, 2.75) is 32.1 Å². The Bertz CT molecular complexity index is 646. The zero-order valence-electron chi connectivity index (χ0n) is 14.4. The molecule has 24 heavy (non-hydrogen) atoms. The van der Waals surface area contributed by atoms with Gasteiger partial charge in [0.2, 0.25) is 11.8 Å². The van der Waals surface area contributed by atoms with Crippen molar-refractivity contribution in [2.24, 2.45) is 11.3 Å². The van der Waals surface area contributed by atoms with Gasteiger partial charge in [0.05, 0.1) is 6.42 Å². The van der Waals surface area contributed by atoms with Gasteiger partial charge in [-0.25, -0.2) is 4.39 Å². The second-order valence-corrected chi connectivity index (χ2v) is 7.41. The lowest BCUT2D eigenvalue weighted by molar-refractivity contribution is -0.137. The van der Waals surface area contributed by atoms with Crippen LogP contribution in [0.2, 0.25) is 0 Å². The van der Waals surface area contributed by atoms with Crippen LogP contribution in [0.3, 0.4) is 0 Å². The highest BCUT2D eigenvalue weighted by Crippen LogP contribution is 2.50. The number of nitrogens with zero attached hydrogens (tertiary/aromatic N) is 2. The molecule has 2 amide bonds. The van der Waals surface area contributed by atoms with Crippen molar-refractivity contribution in [3.63, 3.8) is 0 Å². The Morgan fingerprint density at radius 1 is 1.33 bits per heavy atom. The van der Waals surface area contributed by atoms with E-state index in [-0.39, 0.29) is 35.4 Å². The van der Waals surface area contributed by atoms with Crippen molar-refractivity contribution < 1.29 is 14.0 Å². The Morgan fingerprint density at radius 2 is 2.12 bits per heavy atom. The average Bonchev–Trinajstić information content (AvgIpc) is 3.14. The summed E-state index contributed by atoms with van der Waals surface area (Å²) >= 11 is 0. The van der Waals surface area contributed by atoms with Crippen molar-refractivity contribution >= 4 is 11.8 Å². The summed E-state index contributed by atoms with van der Waals surface area (Å²) in [7, 11) is 3.60. The van der Waals surface area contributed by atoms with E-state index >= 15 is 0 Å². The molecule has 0 aromatic heterocycles. The molecule has 1 heterocycles. The fourth-order valence-corrected chi connectivity index (χ4v) is 4.37. The van der Waals surface area contributed by atoms with Gasteiger partial charge in [-0.3, -0.25) is 9.59 Å². The SMILES string of the molecule is CN(C)C(=O)[C@@H]1CCC[C@]12CCN(C(=O)Cc1cccc(F)c1)C2. The molecule has 1 aromatic carbocycles. The van der Waals surface area contributed by atoms with E-state index in [1.54, 1.807) is 31.1 Å². The summed E-state index contributed by atoms with van der Waals surface area (Å²) in [5.41, 5.74) is 0.646. The molecule has 0 unspecified atom stereocenters. The highest BCUT2D eigenvalue weighted by atomic mass is 19.1. The maximum absolute atomic E-state index is 13.3. The lowest BCUT2D eigenvalue weighted by Gasteiger charge is -2.32. The lowest BCUT2D eigenvalue weighted by atomic mass is 9.76. The predicted octanol–water partition coefficient (Wildman–Crippen LogP) is 2.48. The van der Waals surface area contributed by atoms with Crippen LogP contribution in [0.15, 0.2) is 24.3 Å². The fourth-order valence-electron chi connectivity index (χ4n) is 4.37. The summed E-state index contributed by atoms with van der Waals surface area (Å²) < 4.78 is 13.3. The molecular weight excluding hydrogens is 307 g/mol. The summed E-state index contributed by atoms with van der Waals surface area (Å²) in [6.45, 7) is 1.36. The number of benzene rings is 1. The van der Waals surface area contributed by atoms with Crippen LogP contribution < -0.4 is 0 Å². The van der Waals surface area contributed by atoms with Gasteiger partial charge in [-0.1, -0.05) is 18.6 Å². The zero-order chi connectivity index (χ0) is 17.3. The summed E-state index contributed by atoms with van der Waals surface area (Å²) in [6, 6.07) is 6.21. The van der Waals surface area contributed by atoms with Crippen LogP contribution in [0, 0.1) is 17.2 Å². The molecule has 2 fully saturated rings. The van der Waals surface area contributed by atoms with Gasteiger partial charge in [-0.05, 0) is 37.0 Å². The van der Waals surface area contributed by atoms with Crippen molar-refractivity contribution in [3.8, 4) is 0 Å². The Balaban J connectivity index is 1.68. The van der Waals surface area contributed by atoms with Gasteiger partial charge in [0, 0.05) is 38.5 Å². The van der Waals surface area contributed by atoms with E-state index < -0.39 is 0 Å². The number of hydrogen-bond donors (Lipinski definition) is 0. The second kappa shape index (κ2) is 6.54. The molecule has 0 N–H and O–H groups in total. The van der Waals surface area contributed by atoms with Gasteiger partial charge in [0.1, 0.15) is 5.82 Å². The molecule has 1 saturated carbocycles. The van der Waals surface area contributed by atoms with Crippen LogP contribution in [0.4, 0.5) is 4.39 Å². The molecule has 4 nitrogen and oxygen atoms in total. The number of amides is 2. The quantitative estimate of drug-likeness (QED) is 0.853. The summed E-state index contributed by atoms with van der Waals surface area (Å²) in [5, 5.41) is 0. The third kappa shape index (κ3) is 3.17. The predicted molar refractivity (Wildman–Crippen MR) is 89.8 cm³/mol. The van der Waals surface area contributed by atoms with Crippen LogP contribution in [0.5, 0.6) is 0 Å². The zero-order valence-corrected chi connectivity index (χ0v) is 14.4. The van der Waals surface area contributed by atoms with Crippen LogP contribution in [-0.2, 0) is 16.0 Å². The van der Waals surface area contributed by atoms with E-state index in [1.165, 1.54) is 12.1 Å². The number of rotatable bonds is 3. The Morgan fingerprint density at radius 3 is 2.83 bits per heavy atom. The fraction of sp³-hybridized carbons (Fsp3) is 0.579. The molecule has 0 bridgehead atoms. The van der Waals surface area contributed by atoms with E-state index in [0.29, 0.717) is 18.7 Å². The highest BCUT2D eigenvalue weighted by Gasteiger charge is 2.51. The van der Waals surface area contributed by atoms with Gasteiger partial charge < -0.3 is 9.80 Å². The number of carbonyl (C=O) groups excluding carboxylic acids is 2. The van der Waals surface area contributed by atoms with Gasteiger partial charge in [-0.15, -0.1) is 0 Å². The van der Waals surface area contributed by atoms with E-state index in [1.807, 2.05) is 4.90 Å². The normalized spacial score (nSPS) is 26.1. The molecule has 1 aromatic rings. The molecule has 1 saturated heterocycles. The third-order valence-corrected chi connectivity index (χ3v) is 5.63. The molecule has 5 heteroatoms. The van der Waals surface area contributed by atoms with Gasteiger partial charge in [0.15, 0.2) is 0 Å². The first-order valence-electron chi connectivity index (χ1n) is 8.65. The van der Waals surface area contributed by atoms with E-state index in [4.69, 9.17) is 0 Å². The lowest BCUT2D eigenvalue weighted by Crippen LogP contribution is -2.41. The minimum absolute atomic E-state index is 0.0273. The number of likely N-dealkylation sites (tertiary alicyclic amines) is 1. The first kappa shape index (κ1) is 16.9. The van der Waals surface area contributed by atoms with E-state index in [9.17, 15) is 14.0 Å². The number of carbonyl (C=O) groups is 2. The Kier molecular flexibility index (Phi) is 4.61. The van der Waals surface area contributed by atoms with Crippen molar-refractivity contribution in [3.05, 3.63) is 35.6 Å². The number of halogens is 1. The van der Waals surface area contributed by atoms with Gasteiger partial charge >= 0.3 is 0 Å². The van der Waals surface area contributed by atoms with Gasteiger partial charge in [-0.2, -0.15) is 0 Å². The standard InChI is InChI=1S/C19H25FN2O2/c1-21(2)18(24)16-7-4-8-19(16)9-10-22(13-19)17(23)12-14-5-3-6-15(20)11-14/h3,5-6,11,16H,4,7-10,12-13H2,1-2H3/t16-,19+/m0/s1. The topological polar surface area (TPSA) is 40.6 Å². The molecule has 2 aliphatic rings. The molecule has 130 valence electrons. The second-order valence-electron chi connectivity index (χ2n) is 7.41. The highest BCUT2D eigenvalue weighted by molar-refractivity contribution is 5.81. The molecule has 2 atom stereocenters. The first-order chi connectivity index (χ1) is 11.4. The Labute approximate surface area is 142 Å². The molecule has 1 spiro atoms. The molecular formula is C19H25FN2O2. The largest absolute Gasteiger partial charge is 0.349 e. The maximum atomic E-state index is 13.3. The summed E-state index contributed by atoms with van der Waals surface area (Å²) in [5.74, 6) is -0.0718. The summed E-state index contributed by atoms with van der Waals surface area (Å²) in [6.07, 6.45) is 4.10. The minimum atomic E-state index is -0.314. The summed E-state index contributed by atoms with van der Waals surface area (Å²) in [4.78, 5) is 28.6. The molecule has 0 radical (unpaired) electrons. The van der Waals surface area contributed by atoms with Crippen LogP contribution >= 0.6 is 0 Å². The van der Waals surface area contributed by atoms with E-state index in [2.05, 4.69) is 0 Å². The maximum Gasteiger partial charge on any atom is 0.227 e. The monoisotopic (exact) mass is 332 g/mol. The molecule has 1 aliphatic heterocycles. The van der Waals surface area contributed by atoms with Crippen LogP contribution in [-0.4, -0.2) is 48.8 Å². The van der Waals surface area contributed by atoms with Crippen molar-refractivity contribution in [2.75, 3.05) is 27.2 Å². The van der Waals surface area contributed by atoms with E-state index in [0.717, 1.165) is 25.7 Å². The number of hydrogen-bond acceptors (Lipinski definition) is 2. The van der Waals surface area contributed by atoms with Gasteiger partial charge in [0.25, 0.3) is 0 Å². The average molecular weight is 332 g/mol. The first-order valence-corrected chi connectivity index (χ1v) is 8.65. The third-order valence-electron chi connectivity index (χ3n) is 5.63. The minimum Gasteiger partial charge on any atom is -0.349 e. The van der Waals surface area contributed by atoms with Crippen LogP contribution in [0.1, 0.15) is 31.2 Å². The smallest absolute Gasteiger partial charge is 0.227 e. The van der Waals surface area contributed by atoms with Crippen LogP contribution in [0.25, 0.3) is 0 Å².